The Labute approximate surface area is 172 Å². The van der Waals surface area contributed by atoms with E-state index in [2.05, 4.69) is 10.3 Å². The summed E-state index contributed by atoms with van der Waals surface area (Å²) in [6.07, 6.45) is 2.88. The quantitative estimate of drug-likeness (QED) is 0.668. The maximum atomic E-state index is 12.6. The van der Waals surface area contributed by atoms with Gasteiger partial charge in [0.05, 0.1) is 27.8 Å². The number of nitrogens with one attached hydrogen (secondary N) is 2. The molecule has 0 radical (unpaired) electrons. The minimum atomic E-state index is -0.969. The Morgan fingerprint density at radius 2 is 2.04 bits per heavy atom. The Balaban J connectivity index is 1.79. The largest absolute Gasteiger partial charge is 0.478 e. The second kappa shape index (κ2) is 8.39. The van der Waals surface area contributed by atoms with Crippen LogP contribution in [-0.2, 0) is 4.74 Å². The number of carboxylic acids is 1. The fourth-order valence-electron chi connectivity index (χ4n) is 3.32. The normalized spacial score (nSPS) is 19.2. The molecule has 1 amide bonds. The Morgan fingerprint density at radius 1 is 1.29 bits per heavy atom. The molecule has 2 atom stereocenters. The lowest BCUT2D eigenvalue weighted by Gasteiger charge is -2.30. The second-order valence-electron chi connectivity index (χ2n) is 6.65. The molecule has 1 aliphatic carbocycles. The molecule has 0 unspecified atom stereocenters. The van der Waals surface area contributed by atoms with Crippen LogP contribution in [0.3, 0.4) is 0 Å². The number of hydrogen-bond acceptors (Lipinski definition) is 3. The highest BCUT2D eigenvalue weighted by Crippen LogP contribution is 2.31. The van der Waals surface area contributed by atoms with E-state index in [1.165, 1.54) is 0 Å². The van der Waals surface area contributed by atoms with E-state index < -0.39 is 5.97 Å². The van der Waals surface area contributed by atoms with E-state index in [1.54, 1.807) is 32.2 Å². The van der Waals surface area contributed by atoms with Crippen molar-refractivity contribution >= 4 is 40.7 Å². The van der Waals surface area contributed by atoms with Gasteiger partial charge in [-0.2, -0.15) is 0 Å². The van der Waals surface area contributed by atoms with Gasteiger partial charge in [-0.3, -0.25) is 4.79 Å². The number of benzene rings is 1. The van der Waals surface area contributed by atoms with Gasteiger partial charge in [-0.25, -0.2) is 4.79 Å². The SMILES string of the molecule is CO[C@H]1C=C(c2cccc(C(=O)O)c2)CC[C@@H]1NC(=O)c1[nH]c(C)c(Cl)c1Cl. The van der Waals surface area contributed by atoms with Crippen LogP contribution in [0, 0.1) is 6.92 Å². The van der Waals surface area contributed by atoms with E-state index >= 15 is 0 Å². The number of aromatic amines is 1. The van der Waals surface area contributed by atoms with Crippen molar-refractivity contribution in [1.29, 1.82) is 0 Å². The number of amides is 1. The third-order valence-corrected chi connectivity index (χ3v) is 5.78. The molecule has 0 bridgehead atoms. The third kappa shape index (κ3) is 4.09. The number of ether oxygens (including phenoxy) is 1. The number of rotatable bonds is 5. The lowest BCUT2D eigenvalue weighted by molar-refractivity contribution is 0.0696. The van der Waals surface area contributed by atoms with Gasteiger partial charge < -0.3 is 20.1 Å². The fraction of sp³-hybridized carbons (Fsp3) is 0.300. The van der Waals surface area contributed by atoms with Crippen LogP contribution in [-0.4, -0.2) is 41.2 Å². The number of allylic oxidation sites excluding steroid dienone is 1. The maximum Gasteiger partial charge on any atom is 0.335 e. The van der Waals surface area contributed by atoms with Crippen molar-refractivity contribution in [3.63, 3.8) is 0 Å². The molecule has 3 N–H and O–H groups in total. The minimum Gasteiger partial charge on any atom is -0.478 e. The topological polar surface area (TPSA) is 91.4 Å². The first-order valence-electron chi connectivity index (χ1n) is 8.73. The van der Waals surface area contributed by atoms with Gasteiger partial charge in [0.2, 0.25) is 0 Å². The third-order valence-electron chi connectivity index (χ3n) is 4.84. The zero-order chi connectivity index (χ0) is 20.4. The molecule has 148 valence electrons. The van der Waals surface area contributed by atoms with E-state index in [0.717, 1.165) is 11.1 Å². The molecule has 28 heavy (non-hydrogen) atoms. The Hall–Kier alpha value is -2.28. The first-order chi connectivity index (χ1) is 13.3. The molecule has 1 aliphatic rings. The average molecular weight is 423 g/mol. The minimum absolute atomic E-state index is 0.197. The zero-order valence-corrected chi connectivity index (χ0v) is 16.9. The summed E-state index contributed by atoms with van der Waals surface area (Å²) in [5, 5.41) is 12.7. The number of carbonyl (C=O) groups is 2. The van der Waals surface area contributed by atoms with E-state index in [9.17, 15) is 14.7 Å². The molecule has 6 nitrogen and oxygen atoms in total. The smallest absolute Gasteiger partial charge is 0.335 e. The Bertz CT molecular complexity index is 952. The van der Waals surface area contributed by atoms with E-state index in [-0.39, 0.29) is 34.3 Å². The number of hydrogen-bond donors (Lipinski definition) is 3. The molecular weight excluding hydrogens is 403 g/mol. The molecule has 3 rings (SSSR count). The highest BCUT2D eigenvalue weighted by atomic mass is 35.5. The summed E-state index contributed by atoms with van der Waals surface area (Å²) in [6, 6.07) is 6.53. The number of aryl methyl sites for hydroxylation is 1. The predicted octanol–water partition coefficient (Wildman–Crippen LogP) is 4.32. The Morgan fingerprint density at radius 3 is 2.64 bits per heavy atom. The van der Waals surface area contributed by atoms with Crippen LogP contribution in [0.5, 0.6) is 0 Å². The molecular formula is C20H20Cl2N2O4. The molecule has 0 aliphatic heterocycles. The highest BCUT2D eigenvalue weighted by Gasteiger charge is 2.29. The summed E-state index contributed by atoms with van der Waals surface area (Å²) in [5.41, 5.74) is 2.91. The fourth-order valence-corrected chi connectivity index (χ4v) is 3.74. The Kier molecular flexibility index (Phi) is 6.13. The van der Waals surface area contributed by atoms with Crippen molar-refractivity contribution in [2.24, 2.45) is 0 Å². The predicted molar refractivity (Wildman–Crippen MR) is 108 cm³/mol. The molecule has 0 spiro atoms. The van der Waals surface area contributed by atoms with Crippen LogP contribution in [0.15, 0.2) is 30.3 Å². The lowest BCUT2D eigenvalue weighted by Crippen LogP contribution is -2.45. The van der Waals surface area contributed by atoms with E-state index in [0.29, 0.717) is 23.6 Å². The van der Waals surface area contributed by atoms with Gasteiger partial charge in [-0.05, 0) is 43.0 Å². The van der Waals surface area contributed by atoms with Crippen molar-refractivity contribution in [2.75, 3.05) is 7.11 Å². The van der Waals surface area contributed by atoms with Crippen LogP contribution < -0.4 is 5.32 Å². The number of carbonyl (C=O) groups excluding carboxylic acids is 1. The molecule has 1 aromatic carbocycles. The van der Waals surface area contributed by atoms with Crippen LogP contribution in [0.4, 0.5) is 0 Å². The summed E-state index contributed by atoms with van der Waals surface area (Å²) in [4.78, 5) is 26.7. The van der Waals surface area contributed by atoms with Crippen molar-refractivity contribution in [3.8, 4) is 0 Å². The average Bonchev–Trinajstić information content (AvgIpc) is 2.95. The molecule has 1 aromatic heterocycles. The summed E-state index contributed by atoms with van der Waals surface area (Å²) in [5.74, 6) is -1.32. The van der Waals surface area contributed by atoms with Crippen molar-refractivity contribution in [3.05, 3.63) is 62.9 Å². The number of methoxy groups -OCH3 is 1. The van der Waals surface area contributed by atoms with Crippen molar-refractivity contribution in [1.82, 2.24) is 10.3 Å². The van der Waals surface area contributed by atoms with Gasteiger partial charge in [0, 0.05) is 12.8 Å². The standard InChI is InChI=1S/C20H20Cl2N2O4/c1-10-16(21)17(22)18(23-10)19(25)24-14-7-6-12(9-15(14)28-2)11-4-3-5-13(8-11)20(26)27/h3-5,8-9,14-15,23H,6-7H2,1-2H3,(H,24,25)(H,26,27)/t14-,15-/m0/s1. The van der Waals surface area contributed by atoms with Crippen LogP contribution in [0.1, 0.15) is 44.9 Å². The van der Waals surface area contributed by atoms with E-state index in [4.69, 9.17) is 27.9 Å². The zero-order valence-electron chi connectivity index (χ0n) is 15.4. The molecule has 0 saturated carbocycles. The molecule has 8 heteroatoms. The number of carboxylic acid groups (broad SMARTS) is 1. The van der Waals surface area contributed by atoms with Gasteiger partial charge >= 0.3 is 5.97 Å². The number of aromatic carboxylic acids is 1. The maximum absolute atomic E-state index is 12.6. The molecule has 0 fully saturated rings. The summed E-state index contributed by atoms with van der Waals surface area (Å²) >= 11 is 12.2. The summed E-state index contributed by atoms with van der Waals surface area (Å²) in [6.45, 7) is 1.74. The molecule has 0 saturated heterocycles. The van der Waals surface area contributed by atoms with Gasteiger partial charge in [0.1, 0.15) is 5.69 Å². The molecule has 1 heterocycles. The highest BCUT2D eigenvalue weighted by molar-refractivity contribution is 6.44. The van der Waals surface area contributed by atoms with Gasteiger partial charge in [0.25, 0.3) is 5.91 Å². The van der Waals surface area contributed by atoms with Crippen LogP contribution in [0.2, 0.25) is 10.0 Å². The second-order valence-corrected chi connectivity index (χ2v) is 7.41. The lowest BCUT2D eigenvalue weighted by atomic mass is 9.88. The van der Waals surface area contributed by atoms with Gasteiger partial charge in [-0.1, -0.05) is 41.4 Å². The van der Waals surface area contributed by atoms with Crippen LogP contribution in [0.25, 0.3) is 5.57 Å². The summed E-state index contributed by atoms with van der Waals surface area (Å²) < 4.78 is 5.55. The number of halogens is 2. The van der Waals surface area contributed by atoms with Gasteiger partial charge in [-0.15, -0.1) is 0 Å². The van der Waals surface area contributed by atoms with Gasteiger partial charge in [0.15, 0.2) is 0 Å². The van der Waals surface area contributed by atoms with E-state index in [1.807, 2.05) is 12.1 Å². The van der Waals surface area contributed by atoms with Crippen molar-refractivity contribution < 1.29 is 19.4 Å². The summed E-state index contributed by atoms with van der Waals surface area (Å²) in [7, 11) is 1.57. The number of aromatic nitrogens is 1. The first kappa shape index (κ1) is 20.5. The van der Waals surface area contributed by atoms with Crippen LogP contribution >= 0.6 is 23.2 Å². The molecule has 2 aromatic rings. The first-order valence-corrected chi connectivity index (χ1v) is 9.49. The van der Waals surface area contributed by atoms with Crippen molar-refractivity contribution in [2.45, 2.75) is 31.9 Å². The monoisotopic (exact) mass is 422 g/mol. The number of H-pyrrole nitrogens is 1.